The highest BCUT2D eigenvalue weighted by molar-refractivity contribution is 8.00. The Morgan fingerprint density at radius 1 is 0.333 bits per heavy atom. The molecule has 10 aromatic rings. The number of nitrogens with zero attached hydrogens (tertiary/aromatic N) is 2. The molecule has 12 rings (SSSR count). The number of benzene rings is 10. The van der Waals surface area contributed by atoms with Crippen LogP contribution in [0.3, 0.4) is 0 Å². The highest BCUT2D eigenvalue weighted by Crippen LogP contribution is 2.55. The van der Waals surface area contributed by atoms with Crippen LogP contribution in [0.25, 0.3) is 54.6 Å². The maximum Gasteiger partial charge on any atom is 0.0601 e. The van der Waals surface area contributed by atoms with Gasteiger partial charge in [0.1, 0.15) is 0 Å². The lowest BCUT2D eigenvalue weighted by atomic mass is 9.83. The van der Waals surface area contributed by atoms with Crippen LogP contribution in [0, 0.1) is 13.8 Å². The zero-order valence-corrected chi connectivity index (χ0v) is 34.8. The van der Waals surface area contributed by atoms with Gasteiger partial charge in [-0.2, -0.15) is 0 Å². The summed E-state index contributed by atoms with van der Waals surface area (Å²) in [6.07, 6.45) is 0. The van der Waals surface area contributed by atoms with Crippen LogP contribution in [0.4, 0.5) is 34.1 Å². The largest absolute Gasteiger partial charge is 0.308 e. The van der Waals surface area contributed by atoms with Gasteiger partial charge in [0.25, 0.3) is 0 Å². The molecule has 2 aliphatic rings. The quantitative estimate of drug-likeness (QED) is 0.163. The number of hydrogen-bond donors (Lipinski definition) is 0. The minimum atomic E-state index is 1.14. The third kappa shape index (κ3) is 5.52. The van der Waals surface area contributed by atoms with Crippen molar-refractivity contribution in [1.29, 1.82) is 0 Å². The summed E-state index contributed by atoms with van der Waals surface area (Å²) in [5.74, 6) is 0. The number of fused-ring (bicyclic) bond motifs is 7. The standard InChI is InChI=1S/C56H38N2S2/c1-35-26-27-38(32-36(35)2)55-43-30-28-40(58-49-20-7-11-24-53(49)60-54-25-12-8-21-50(54)58)34-46(43)56(42-17-13-15-37-14-3-4-16-41(37)42)44-31-29-39(33-45(44)55)57-47-18-5-9-22-51(47)59-52-23-10-6-19-48(52)57/h3-34H,1-2H3. The lowest BCUT2D eigenvalue weighted by molar-refractivity contribution is 1.17. The van der Waals surface area contributed by atoms with Gasteiger partial charge in [-0.25, -0.2) is 0 Å². The Kier molecular flexibility index (Phi) is 8.19. The summed E-state index contributed by atoms with van der Waals surface area (Å²) in [7, 11) is 0. The molecule has 0 amide bonds. The molecule has 0 bridgehead atoms. The first kappa shape index (κ1) is 35.2. The molecule has 0 atom stereocenters. The van der Waals surface area contributed by atoms with E-state index >= 15 is 0 Å². The Morgan fingerprint density at radius 2 is 0.800 bits per heavy atom. The first-order valence-corrected chi connectivity index (χ1v) is 22.1. The second-order valence-electron chi connectivity index (χ2n) is 15.8. The highest BCUT2D eigenvalue weighted by atomic mass is 32.2. The van der Waals surface area contributed by atoms with Gasteiger partial charge in [0, 0.05) is 31.0 Å². The van der Waals surface area contributed by atoms with Crippen molar-refractivity contribution in [3.05, 3.63) is 205 Å². The first-order valence-electron chi connectivity index (χ1n) is 20.5. The van der Waals surface area contributed by atoms with Gasteiger partial charge in [0.05, 0.1) is 22.7 Å². The van der Waals surface area contributed by atoms with E-state index in [4.69, 9.17) is 0 Å². The first-order chi connectivity index (χ1) is 29.6. The fraction of sp³-hybridized carbons (Fsp3) is 0.0357. The molecule has 2 heterocycles. The second-order valence-corrected chi connectivity index (χ2v) is 17.9. The summed E-state index contributed by atoms with van der Waals surface area (Å²) < 4.78 is 0. The molecule has 0 N–H and O–H groups in total. The molecular formula is C56H38N2S2. The smallest absolute Gasteiger partial charge is 0.0601 e. The van der Waals surface area contributed by atoms with Crippen LogP contribution in [0.15, 0.2) is 214 Å². The van der Waals surface area contributed by atoms with Crippen LogP contribution in [0.1, 0.15) is 11.1 Å². The second kappa shape index (κ2) is 13.9. The van der Waals surface area contributed by atoms with E-state index < -0.39 is 0 Å². The third-order valence-corrected chi connectivity index (χ3v) is 14.6. The van der Waals surface area contributed by atoms with E-state index in [1.807, 2.05) is 23.5 Å². The van der Waals surface area contributed by atoms with E-state index in [-0.39, 0.29) is 0 Å². The van der Waals surface area contributed by atoms with Crippen LogP contribution in [0.2, 0.25) is 0 Å². The number of anilines is 6. The molecule has 0 saturated carbocycles. The van der Waals surface area contributed by atoms with E-state index in [9.17, 15) is 0 Å². The Morgan fingerprint density at radius 3 is 1.35 bits per heavy atom. The highest BCUT2D eigenvalue weighted by Gasteiger charge is 2.28. The molecule has 10 aromatic carbocycles. The SMILES string of the molecule is Cc1ccc(-c2c3cc(N4c5ccccc5Sc5ccccc54)ccc3c(-c3cccc4ccccc34)c3cc(N4c5ccccc5Sc5ccccc54)ccc23)cc1C. The Labute approximate surface area is 358 Å². The fourth-order valence-electron chi connectivity index (χ4n) is 9.39. The van der Waals surface area contributed by atoms with Gasteiger partial charge in [-0.1, -0.05) is 145 Å². The molecule has 0 unspecified atom stereocenters. The zero-order chi connectivity index (χ0) is 39.9. The number of rotatable bonds is 4. The summed E-state index contributed by atoms with van der Waals surface area (Å²) in [6, 6.07) is 72.2. The molecule has 284 valence electrons. The van der Waals surface area contributed by atoms with E-state index in [0.717, 1.165) is 11.4 Å². The monoisotopic (exact) mass is 802 g/mol. The topological polar surface area (TPSA) is 6.48 Å². The molecule has 4 heteroatoms. The Balaban J connectivity index is 1.21. The van der Waals surface area contributed by atoms with Crippen molar-refractivity contribution >= 4 is 90.0 Å². The molecule has 2 aliphatic heterocycles. The molecule has 0 saturated heterocycles. The molecule has 0 fully saturated rings. The van der Waals surface area contributed by atoms with E-state index in [0.29, 0.717) is 0 Å². The minimum absolute atomic E-state index is 1.14. The molecule has 0 spiro atoms. The van der Waals surface area contributed by atoms with Gasteiger partial charge in [-0.05, 0) is 152 Å². The predicted molar refractivity (Wildman–Crippen MR) is 257 cm³/mol. The number of aryl methyl sites for hydroxylation is 2. The van der Waals surface area contributed by atoms with E-state index in [1.54, 1.807) is 0 Å². The van der Waals surface area contributed by atoms with Gasteiger partial charge in [-0.15, -0.1) is 0 Å². The van der Waals surface area contributed by atoms with Gasteiger partial charge < -0.3 is 9.80 Å². The van der Waals surface area contributed by atoms with Crippen molar-refractivity contribution in [3.8, 4) is 22.3 Å². The van der Waals surface area contributed by atoms with Crippen molar-refractivity contribution in [3.63, 3.8) is 0 Å². The van der Waals surface area contributed by atoms with Crippen molar-refractivity contribution in [2.45, 2.75) is 33.4 Å². The summed E-state index contributed by atoms with van der Waals surface area (Å²) in [5, 5.41) is 7.41. The zero-order valence-electron chi connectivity index (χ0n) is 33.2. The van der Waals surface area contributed by atoms with E-state index in [2.05, 4.69) is 218 Å². The number of para-hydroxylation sites is 4. The van der Waals surface area contributed by atoms with Crippen LogP contribution < -0.4 is 9.80 Å². The average molecular weight is 803 g/mol. The molecule has 60 heavy (non-hydrogen) atoms. The van der Waals surface area contributed by atoms with Crippen LogP contribution in [-0.4, -0.2) is 0 Å². The summed E-state index contributed by atoms with van der Waals surface area (Å²) in [5.41, 5.74) is 14.6. The fourth-order valence-corrected chi connectivity index (χ4v) is 11.5. The lowest BCUT2D eigenvalue weighted by Crippen LogP contribution is -2.15. The van der Waals surface area contributed by atoms with Gasteiger partial charge in [-0.3, -0.25) is 0 Å². The van der Waals surface area contributed by atoms with Gasteiger partial charge >= 0.3 is 0 Å². The predicted octanol–water partition coefficient (Wildman–Crippen LogP) is 17.0. The van der Waals surface area contributed by atoms with Crippen molar-refractivity contribution in [1.82, 2.24) is 0 Å². The third-order valence-electron chi connectivity index (χ3n) is 12.3. The molecular weight excluding hydrogens is 765 g/mol. The van der Waals surface area contributed by atoms with E-state index in [1.165, 1.54) is 108 Å². The van der Waals surface area contributed by atoms with Crippen molar-refractivity contribution in [2.75, 3.05) is 9.80 Å². The van der Waals surface area contributed by atoms with Crippen molar-refractivity contribution < 1.29 is 0 Å². The molecule has 2 nitrogen and oxygen atoms in total. The summed E-state index contributed by atoms with van der Waals surface area (Å²) >= 11 is 3.70. The average Bonchev–Trinajstić information content (AvgIpc) is 3.29. The Bertz CT molecular complexity index is 3290. The maximum atomic E-state index is 2.46. The summed E-state index contributed by atoms with van der Waals surface area (Å²) in [6.45, 7) is 4.44. The minimum Gasteiger partial charge on any atom is -0.308 e. The van der Waals surface area contributed by atoms with Gasteiger partial charge in [0.2, 0.25) is 0 Å². The van der Waals surface area contributed by atoms with Gasteiger partial charge in [0.15, 0.2) is 0 Å². The van der Waals surface area contributed by atoms with Crippen LogP contribution in [-0.2, 0) is 0 Å². The van der Waals surface area contributed by atoms with Crippen LogP contribution >= 0.6 is 23.5 Å². The molecule has 0 radical (unpaired) electrons. The molecule has 0 aromatic heterocycles. The van der Waals surface area contributed by atoms with Crippen LogP contribution in [0.5, 0.6) is 0 Å². The Hall–Kier alpha value is -6.72. The normalized spacial score (nSPS) is 13.0. The lowest BCUT2D eigenvalue weighted by Gasteiger charge is -2.34. The summed E-state index contributed by atoms with van der Waals surface area (Å²) in [4.78, 5) is 9.94. The van der Waals surface area contributed by atoms with Crippen molar-refractivity contribution in [2.24, 2.45) is 0 Å². The number of hydrogen-bond acceptors (Lipinski definition) is 4. The maximum absolute atomic E-state index is 2.46. The molecule has 0 aliphatic carbocycles.